The van der Waals surface area contributed by atoms with Crippen molar-refractivity contribution in [3.63, 3.8) is 0 Å². The van der Waals surface area contributed by atoms with Gasteiger partial charge in [0.2, 0.25) is 0 Å². The van der Waals surface area contributed by atoms with Crippen molar-refractivity contribution in [3.8, 4) is 0 Å². The van der Waals surface area contributed by atoms with Crippen LogP contribution in [0.1, 0.15) is 207 Å². The maximum atomic E-state index is 12.8. The van der Waals surface area contributed by atoms with Crippen molar-refractivity contribution in [1.82, 2.24) is 0 Å². The van der Waals surface area contributed by atoms with Gasteiger partial charge in [-0.05, 0) is 128 Å². The molecule has 0 aromatic rings. The van der Waals surface area contributed by atoms with Crippen LogP contribution in [0.3, 0.4) is 0 Å². The van der Waals surface area contributed by atoms with Gasteiger partial charge in [-0.25, -0.2) is 0 Å². The molecule has 0 bridgehead atoms. The Morgan fingerprint density at radius 1 is 0.318 bits per heavy atom. The molecule has 0 radical (unpaired) electrons. The predicted molar refractivity (Wildman–Crippen MR) is 283 cm³/mol. The summed E-state index contributed by atoms with van der Waals surface area (Å²) in [4.78, 5) is 38.0. The Morgan fingerprint density at radius 3 is 1.02 bits per heavy atom. The molecule has 0 saturated heterocycles. The van der Waals surface area contributed by atoms with E-state index >= 15 is 0 Å². The molecule has 0 heterocycles. The molecular formula is C60H94O6. The largest absolute Gasteiger partial charge is 0.462 e. The van der Waals surface area contributed by atoms with Gasteiger partial charge in [-0.15, -0.1) is 0 Å². The van der Waals surface area contributed by atoms with E-state index in [-0.39, 0.29) is 50.4 Å². The lowest BCUT2D eigenvalue weighted by Gasteiger charge is -2.18. The van der Waals surface area contributed by atoms with E-state index in [1.165, 1.54) is 32.1 Å². The molecule has 0 fully saturated rings. The van der Waals surface area contributed by atoms with Crippen LogP contribution in [0.5, 0.6) is 0 Å². The van der Waals surface area contributed by atoms with Crippen molar-refractivity contribution in [2.24, 2.45) is 0 Å². The first-order chi connectivity index (χ1) is 32.5. The normalized spacial score (nSPS) is 13.2. The standard InChI is InChI=1S/C60H94O6/c1-4-7-10-13-16-19-22-25-28-30-33-35-38-41-44-47-50-53-59(62)65-56-57(55-64-58(61)52-49-46-43-40-37-34-31-27-24-21-18-15-12-9-6-3)66-60(63)54-51-48-45-42-39-36-32-29-26-23-20-17-14-11-8-5-2/h7,9-10,12,16,18-21,23,25,27-29,31-33,35,37,40-41,44,57H,4-6,8,11,13-15,17,22,24,26,30,34,36,38-39,42-43,45-56H2,1-3H3/b10-7-,12-9-,19-16-,21-18-,23-20-,28-25-,31-27-,32-29-,35-33-,40-37-,44-41-. The van der Waals surface area contributed by atoms with E-state index in [0.717, 1.165) is 122 Å². The van der Waals surface area contributed by atoms with Gasteiger partial charge in [0.15, 0.2) is 6.10 Å². The zero-order chi connectivity index (χ0) is 47.9. The van der Waals surface area contributed by atoms with Crippen LogP contribution < -0.4 is 0 Å². The lowest BCUT2D eigenvalue weighted by Crippen LogP contribution is -2.30. The van der Waals surface area contributed by atoms with Crippen LogP contribution in [-0.4, -0.2) is 37.2 Å². The van der Waals surface area contributed by atoms with E-state index in [0.29, 0.717) is 12.8 Å². The first-order valence-electron chi connectivity index (χ1n) is 26.2. The highest BCUT2D eigenvalue weighted by atomic mass is 16.6. The van der Waals surface area contributed by atoms with E-state index in [1.54, 1.807) is 0 Å². The van der Waals surface area contributed by atoms with E-state index in [1.807, 2.05) is 0 Å². The van der Waals surface area contributed by atoms with Crippen molar-refractivity contribution in [1.29, 1.82) is 0 Å². The fourth-order valence-corrected chi connectivity index (χ4v) is 6.50. The number of ether oxygens (including phenoxy) is 3. The molecule has 6 heteroatoms. The summed E-state index contributed by atoms with van der Waals surface area (Å²) < 4.78 is 16.7. The Hall–Kier alpha value is -4.45. The van der Waals surface area contributed by atoms with Gasteiger partial charge in [0.1, 0.15) is 13.2 Å². The van der Waals surface area contributed by atoms with Gasteiger partial charge in [0.25, 0.3) is 0 Å². The summed E-state index contributed by atoms with van der Waals surface area (Å²) in [5.41, 5.74) is 0. The molecule has 0 aromatic carbocycles. The molecule has 6 nitrogen and oxygen atoms in total. The monoisotopic (exact) mass is 911 g/mol. The van der Waals surface area contributed by atoms with Crippen LogP contribution in [0.2, 0.25) is 0 Å². The van der Waals surface area contributed by atoms with Crippen LogP contribution in [-0.2, 0) is 28.6 Å². The van der Waals surface area contributed by atoms with Crippen LogP contribution in [0.15, 0.2) is 134 Å². The Balaban J connectivity index is 4.60. The molecule has 1 atom stereocenters. The third-order valence-electron chi connectivity index (χ3n) is 10.4. The predicted octanol–water partition coefficient (Wildman–Crippen LogP) is 17.5. The number of carbonyl (C=O) groups excluding carboxylic acids is 3. The molecule has 0 N–H and O–H groups in total. The second-order valence-corrected chi connectivity index (χ2v) is 16.7. The average Bonchev–Trinajstić information content (AvgIpc) is 3.31. The molecule has 0 aliphatic heterocycles. The van der Waals surface area contributed by atoms with Crippen LogP contribution in [0.25, 0.3) is 0 Å². The number of esters is 3. The zero-order valence-electron chi connectivity index (χ0n) is 42.1. The van der Waals surface area contributed by atoms with Crippen LogP contribution >= 0.6 is 0 Å². The fourth-order valence-electron chi connectivity index (χ4n) is 6.50. The highest BCUT2D eigenvalue weighted by molar-refractivity contribution is 5.71. The first-order valence-corrected chi connectivity index (χ1v) is 26.2. The number of allylic oxidation sites excluding steroid dienone is 22. The molecule has 370 valence electrons. The molecule has 1 unspecified atom stereocenters. The summed E-state index contributed by atoms with van der Waals surface area (Å²) >= 11 is 0. The minimum absolute atomic E-state index is 0.128. The van der Waals surface area contributed by atoms with Crippen molar-refractivity contribution >= 4 is 17.9 Å². The quantitative estimate of drug-likeness (QED) is 0.0262. The maximum absolute atomic E-state index is 12.8. The van der Waals surface area contributed by atoms with Crippen LogP contribution in [0.4, 0.5) is 0 Å². The first kappa shape index (κ1) is 61.5. The van der Waals surface area contributed by atoms with Gasteiger partial charge in [-0.3, -0.25) is 14.4 Å². The minimum atomic E-state index is -0.830. The highest BCUT2D eigenvalue weighted by Gasteiger charge is 2.19. The van der Waals surface area contributed by atoms with Gasteiger partial charge in [0, 0.05) is 19.3 Å². The summed E-state index contributed by atoms with van der Waals surface area (Å²) in [6.07, 6.45) is 74.4. The molecule has 66 heavy (non-hydrogen) atoms. The lowest BCUT2D eigenvalue weighted by molar-refractivity contribution is -0.167. The van der Waals surface area contributed by atoms with Gasteiger partial charge in [-0.1, -0.05) is 193 Å². The topological polar surface area (TPSA) is 78.9 Å². The average molecular weight is 911 g/mol. The van der Waals surface area contributed by atoms with Crippen LogP contribution in [0, 0.1) is 0 Å². The summed E-state index contributed by atoms with van der Waals surface area (Å²) in [7, 11) is 0. The molecule has 0 aliphatic carbocycles. The number of unbranched alkanes of at least 4 members (excludes halogenated alkanes) is 12. The smallest absolute Gasteiger partial charge is 0.306 e. The highest BCUT2D eigenvalue weighted by Crippen LogP contribution is 2.12. The molecule has 0 aromatic heterocycles. The molecule has 0 amide bonds. The van der Waals surface area contributed by atoms with Crippen molar-refractivity contribution in [3.05, 3.63) is 134 Å². The van der Waals surface area contributed by atoms with Gasteiger partial charge in [0.05, 0.1) is 0 Å². The number of rotatable bonds is 45. The molecule has 0 aliphatic rings. The zero-order valence-corrected chi connectivity index (χ0v) is 42.1. The summed E-state index contributed by atoms with van der Waals surface area (Å²) in [6, 6.07) is 0. The lowest BCUT2D eigenvalue weighted by atomic mass is 10.1. The van der Waals surface area contributed by atoms with Gasteiger partial charge < -0.3 is 14.2 Å². The fraction of sp³-hybridized carbons (Fsp3) is 0.583. The minimum Gasteiger partial charge on any atom is -0.462 e. The Morgan fingerprint density at radius 2 is 0.606 bits per heavy atom. The van der Waals surface area contributed by atoms with Crippen molar-refractivity contribution in [2.75, 3.05) is 13.2 Å². The number of hydrogen-bond acceptors (Lipinski definition) is 6. The van der Waals surface area contributed by atoms with E-state index in [9.17, 15) is 14.4 Å². The maximum Gasteiger partial charge on any atom is 0.306 e. The molecular weight excluding hydrogens is 817 g/mol. The number of carbonyl (C=O) groups is 3. The van der Waals surface area contributed by atoms with Crippen molar-refractivity contribution < 1.29 is 28.6 Å². The van der Waals surface area contributed by atoms with E-state index < -0.39 is 6.10 Å². The summed E-state index contributed by atoms with van der Waals surface area (Å²) in [6.45, 7) is 6.27. The van der Waals surface area contributed by atoms with E-state index in [2.05, 4.69) is 154 Å². The third kappa shape index (κ3) is 50.5. The molecule has 0 saturated carbocycles. The molecule has 0 spiro atoms. The van der Waals surface area contributed by atoms with Gasteiger partial charge >= 0.3 is 17.9 Å². The number of hydrogen-bond donors (Lipinski definition) is 0. The van der Waals surface area contributed by atoms with E-state index in [4.69, 9.17) is 14.2 Å². The SMILES string of the molecule is CC/C=C\C/C=C\C/C=C\C/C=C\C/C=C\CCCC(=O)OCC(COC(=O)CCCC/C=C\C/C=C\C/C=C\C/C=C\CC)OC(=O)CCCCCCC/C=C\C/C=C\CCCCCC. The third-order valence-corrected chi connectivity index (χ3v) is 10.4. The summed E-state index contributed by atoms with van der Waals surface area (Å²) in [5.74, 6) is -1.05. The van der Waals surface area contributed by atoms with Crippen molar-refractivity contribution in [2.45, 2.75) is 213 Å². The second-order valence-electron chi connectivity index (χ2n) is 16.7. The Bertz CT molecular complexity index is 1460. The summed E-state index contributed by atoms with van der Waals surface area (Å²) in [5, 5.41) is 0. The Kier molecular flexibility index (Phi) is 49.6. The van der Waals surface area contributed by atoms with Gasteiger partial charge in [-0.2, -0.15) is 0 Å². The Labute approximate surface area is 405 Å². The second kappa shape index (κ2) is 53.2. The molecule has 0 rings (SSSR count).